The molecule has 0 saturated carbocycles. The lowest BCUT2D eigenvalue weighted by Crippen LogP contribution is -2.22. The maximum absolute atomic E-state index is 13.4. The number of fused-ring (bicyclic) bond motifs is 1. The zero-order valence-electron chi connectivity index (χ0n) is 12.8. The Kier molecular flexibility index (Phi) is 4.69. The van der Waals surface area contributed by atoms with Crippen LogP contribution in [0.15, 0.2) is 47.0 Å². The fourth-order valence-electron chi connectivity index (χ4n) is 2.19. The minimum absolute atomic E-state index is 0.196. The number of rotatable bonds is 5. The highest BCUT2D eigenvalue weighted by Gasteiger charge is 2.16. The summed E-state index contributed by atoms with van der Waals surface area (Å²) in [6, 6.07) is 10.1. The molecule has 0 atom stereocenters. The van der Waals surface area contributed by atoms with Crippen LogP contribution >= 0.6 is 0 Å². The monoisotopic (exact) mass is 346 g/mol. The van der Waals surface area contributed by atoms with Crippen LogP contribution in [0.2, 0.25) is 0 Å². The molecule has 3 rings (SSSR count). The van der Waals surface area contributed by atoms with Crippen molar-refractivity contribution in [3.8, 4) is 0 Å². The van der Waals surface area contributed by atoms with E-state index in [2.05, 4.69) is 5.16 Å². The number of para-hydroxylation sites is 2. The van der Waals surface area contributed by atoms with E-state index in [1.807, 2.05) is 5.32 Å². The van der Waals surface area contributed by atoms with Gasteiger partial charge in [-0.3, -0.25) is 9.59 Å². The second-order valence-electron chi connectivity index (χ2n) is 5.11. The van der Waals surface area contributed by atoms with E-state index in [-0.39, 0.29) is 6.42 Å². The Balaban J connectivity index is 1.56. The average Bonchev–Trinajstić information content (AvgIpc) is 3.00. The third-order valence-electron chi connectivity index (χ3n) is 3.36. The number of aromatic nitrogens is 1. The Hall–Kier alpha value is -3.29. The van der Waals surface area contributed by atoms with E-state index >= 15 is 0 Å². The summed E-state index contributed by atoms with van der Waals surface area (Å²) in [6.07, 6.45) is -0.196. The first-order chi connectivity index (χ1) is 12.0. The SMILES string of the molecule is O=C(COC(=O)Cc1noc2ccccc12)Nc1c(F)cccc1F. The number of benzene rings is 2. The van der Waals surface area contributed by atoms with E-state index < -0.39 is 35.8 Å². The van der Waals surface area contributed by atoms with Crippen LogP contribution < -0.4 is 5.32 Å². The maximum Gasteiger partial charge on any atom is 0.312 e. The van der Waals surface area contributed by atoms with Crippen LogP contribution in [0.1, 0.15) is 5.69 Å². The number of anilines is 1. The van der Waals surface area contributed by atoms with Gasteiger partial charge < -0.3 is 14.6 Å². The molecule has 25 heavy (non-hydrogen) atoms. The van der Waals surface area contributed by atoms with E-state index in [4.69, 9.17) is 9.26 Å². The molecular formula is C17H12F2N2O4. The summed E-state index contributed by atoms with van der Waals surface area (Å²) < 4.78 is 36.7. The Labute approximate surface area is 140 Å². The summed E-state index contributed by atoms with van der Waals surface area (Å²) in [4.78, 5) is 23.5. The van der Waals surface area contributed by atoms with Crippen molar-refractivity contribution in [2.45, 2.75) is 6.42 Å². The van der Waals surface area contributed by atoms with Crippen molar-refractivity contribution in [3.05, 3.63) is 59.8 Å². The Morgan fingerprint density at radius 3 is 2.56 bits per heavy atom. The quantitative estimate of drug-likeness (QED) is 0.719. The molecule has 3 aromatic rings. The van der Waals surface area contributed by atoms with E-state index in [0.29, 0.717) is 16.7 Å². The summed E-state index contributed by atoms with van der Waals surface area (Å²) in [5, 5.41) is 6.46. The predicted octanol–water partition coefficient (Wildman–Crippen LogP) is 2.83. The maximum atomic E-state index is 13.4. The number of nitrogens with one attached hydrogen (secondary N) is 1. The largest absolute Gasteiger partial charge is 0.455 e. The average molecular weight is 346 g/mol. The molecule has 128 valence electrons. The Morgan fingerprint density at radius 2 is 1.80 bits per heavy atom. The molecule has 6 nitrogen and oxygen atoms in total. The van der Waals surface area contributed by atoms with Gasteiger partial charge in [0.2, 0.25) is 0 Å². The van der Waals surface area contributed by atoms with Gasteiger partial charge in [-0.15, -0.1) is 0 Å². The number of nitrogens with zero attached hydrogens (tertiary/aromatic N) is 1. The molecule has 1 N–H and O–H groups in total. The van der Waals surface area contributed by atoms with Crippen molar-refractivity contribution in [3.63, 3.8) is 0 Å². The van der Waals surface area contributed by atoms with Crippen LogP contribution in [0.4, 0.5) is 14.5 Å². The minimum atomic E-state index is -0.922. The van der Waals surface area contributed by atoms with E-state index in [9.17, 15) is 18.4 Å². The van der Waals surface area contributed by atoms with Crippen LogP contribution in [0.3, 0.4) is 0 Å². The molecule has 0 fully saturated rings. The standard InChI is InChI=1S/C17H12F2N2O4/c18-11-5-3-6-12(19)17(11)20-15(22)9-24-16(23)8-13-10-4-1-2-7-14(10)25-21-13/h1-7H,8-9H2,(H,20,22). The minimum Gasteiger partial charge on any atom is -0.455 e. The number of carbonyl (C=O) groups excluding carboxylic acids is 2. The fraction of sp³-hybridized carbons (Fsp3) is 0.118. The molecular weight excluding hydrogens is 334 g/mol. The van der Waals surface area contributed by atoms with Crippen molar-refractivity contribution in [2.75, 3.05) is 11.9 Å². The second kappa shape index (κ2) is 7.08. The van der Waals surface area contributed by atoms with Crippen molar-refractivity contribution >= 4 is 28.5 Å². The van der Waals surface area contributed by atoms with Crippen molar-refractivity contribution < 1.29 is 27.6 Å². The van der Waals surface area contributed by atoms with Crippen LogP contribution in [-0.2, 0) is 20.7 Å². The molecule has 1 aromatic heterocycles. The first-order valence-corrected chi connectivity index (χ1v) is 7.27. The van der Waals surface area contributed by atoms with Gasteiger partial charge >= 0.3 is 5.97 Å². The van der Waals surface area contributed by atoms with E-state index in [1.54, 1.807) is 24.3 Å². The van der Waals surface area contributed by atoms with Gasteiger partial charge in [0.25, 0.3) is 5.91 Å². The van der Waals surface area contributed by atoms with Gasteiger partial charge in [-0.05, 0) is 24.3 Å². The van der Waals surface area contributed by atoms with Crippen molar-refractivity contribution in [1.82, 2.24) is 5.16 Å². The summed E-state index contributed by atoms with van der Waals surface area (Å²) in [5.41, 5.74) is 0.310. The third-order valence-corrected chi connectivity index (χ3v) is 3.36. The van der Waals surface area contributed by atoms with Gasteiger partial charge in [0.1, 0.15) is 23.0 Å². The van der Waals surface area contributed by atoms with Crippen LogP contribution in [0.5, 0.6) is 0 Å². The number of hydrogen-bond acceptors (Lipinski definition) is 5. The number of esters is 1. The molecule has 0 radical (unpaired) electrons. The first-order valence-electron chi connectivity index (χ1n) is 7.27. The highest BCUT2D eigenvalue weighted by Crippen LogP contribution is 2.19. The van der Waals surface area contributed by atoms with Gasteiger partial charge in [0, 0.05) is 5.39 Å². The highest BCUT2D eigenvalue weighted by atomic mass is 19.1. The molecule has 1 heterocycles. The smallest absolute Gasteiger partial charge is 0.312 e. The molecule has 8 heteroatoms. The van der Waals surface area contributed by atoms with Crippen LogP contribution in [0, 0.1) is 11.6 Å². The zero-order chi connectivity index (χ0) is 17.8. The second-order valence-corrected chi connectivity index (χ2v) is 5.11. The van der Waals surface area contributed by atoms with Gasteiger partial charge in [-0.2, -0.15) is 0 Å². The van der Waals surface area contributed by atoms with E-state index in [1.165, 1.54) is 6.07 Å². The lowest BCUT2D eigenvalue weighted by Gasteiger charge is -2.08. The summed E-state index contributed by atoms with van der Waals surface area (Å²) in [7, 11) is 0. The molecule has 0 aliphatic heterocycles. The van der Waals surface area contributed by atoms with Crippen molar-refractivity contribution in [2.24, 2.45) is 0 Å². The molecule has 0 bridgehead atoms. The molecule has 0 unspecified atom stereocenters. The topological polar surface area (TPSA) is 81.4 Å². The fourth-order valence-corrected chi connectivity index (χ4v) is 2.19. The number of halogens is 2. The highest BCUT2D eigenvalue weighted by molar-refractivity contribution is 5.93. The van der Waals surface area contributed by atoms with Crippen LogP contribution in [-0.4, -0.2) is 23.6 Å². The summed E-state index contributed by atoms with van der Waals surface area (Å²) in [5.74, 6) is -3.42. The Morgan fingerprint density at radius 1 is 1.08 bits per heavy atom. The van der Waals surface area contributed by atoms with Crippen LogP contribution in [0.25, 0.3) is 11.0 Å². The van der Waals surface area contributed by atoms with Gasteiger partial charge in [0.05, 0.1) is 6.42 Å². The third kappa shape index (κ3) is 3.79. The van der Waals surface area contributed by atoms with Gasteiger partial charge in [-0.1, -0.05) is 23.4 Å². The molecule has 0 spiro atoms. The number of amides is 1. The van der Waals surface area contributed by atoms with Crippen molar-refractivity contribution in [1.29, 1.82) is 0 Å². The summed E-state index contributed by atoms with van der Waals surface area (Å²) >= 11 is 0. The molecule has 0 aliphatic carbocycles. The number of hydrogen-bond donors (Lipinski definition) is 1. The normalized spacial score (nSPS) is 10.6. The molecule has 1 amide bonds. The number of ether oxygens (including phenoxy) is 1. The Bertz CT molecular complexity index is 919. The molecule has 2 aromatic carbocycles. The molecule has 0 aliphatic rings. The summed E-state index contributed by atoms with van der Waals surface area (Å²) in [6.45, 7) is -0.678. The molecule has 0 saturated heterocycles. The van der Waals surface area contributed by atoms with Gasteiger partial charge in [-0.25, -0.2) is 8.78 Å². The number of carbonyl (C=O) groups is 2. The van der Waals surface area contributed by atoms with Gasteiger partial charge in [0.15, 0.2) is 12.2 Å². The first kappa shape index (κ1) is 16.6. The predicted molar refractivity (Wildman–Crippen MR) is 83.7 cm³/mol. The lowest BCUT2D eigenvalue weighted by molar-refractivity contribution is -0.146. The van der Waals surface area contributed by atoms with E-state index in [0.717, 1.165) is 12.1 Å². The lowest BCUT2D eigenvalue weighted by atomic mass is 10.2. The zero-order valence-corrected chi connectivity index (χ0v) is 12.8.